The molecule has 1 saturated heterocycles. The van der Waals surface area contributed by atoms with Crippen molar-refractivity contribution < 1.29 is 4.74 Å². The van der Waals surface area contributed by atoms with Crippen molar-refractivity contribution in [1.82, 2.24) is 4.90 Å². The van der Waals surface area contributed by atoms with Crippen molar-refractivity contribution in [2.45, 2.75) is 25.4 Å². The van der Waals surface area contributed by atoms with E-state index in [0.29, 0.717) is 6.54 Å². The summed E-state index contributed by atoms with van der Waals surface area (Å²) in [6.45, 7) is 7.51. The van der Waals surface area contributed by atoms with Crippen molar-refractivity contribution in [3.63, 3.8) is 0 Å². The fraction of sp³-hybridized carbons (Fsp3) is 0.571. The summed E-state index contributed by atoms with van der Waals surface area (Å²) in [5, 5.41) is 0. The van der Waals surface area contributed by atoms with Crippen LogP contribution in [0.3, 0.4) is 0 Å². The lowest BCUT2D eigenvalue weighted by Crippen LogP contribution is -2.55. The van der Waals surface area contributed by atoms with Crippen molar-refractivity contribution in [2.75, 3.05) is 26.3 Å². The predicted octanol–water partition coefficient (Wildman–Crippen LogP) is 2.56. The van der Waals surface area contributed by atoms with E-state index in [1.165, 1.54) is 5.56 Å². The van der Waals surface area contributed by atoms with E-state index in [2.05, 4.69) is 52.9 Å². The average Bonchev–Trinajstić information content (AvgIpc) is 2.34. The van der Waals surface area contributed by atoms with Crippen LogP contribution in [0.2, 0.25) is 0 Å². The van der Waals surface area contributed by atoms with Crippen molar-refractivity contribution in [3.05, 3.63) is 34.3 Å². The molecule has 0 spiro atoms. The Morgan fingerprint density at radius 1 is 1.44 bits per heavy atom. The molecule has 4 heteroatoms. The van der Waals surface area contributed by atoms with Crippen LogP contribution in [0.15, 0.2) is 28.7 Å². The first-order valence-electron chi connectivity index (χ1n) is 6.35. The highest BCUT2D eigenvalue weighted by atomic mass is 79.9. The average molecular weight is 313 g/mol. The molecule has 0 amide bonds. The van der Waals surface area contributed by atoms with Crippen molar-refractivity contribution >= 4 is 15.9 Å². The monoisotopic (exact) mass is 312 g/mol. The number of morpholine rings is 1. The van der Waals surface area contributed by atoms with E-state index in [9.17, 15) is 0 Å². The number of benzene rings is 1. The number of hydrogen-bond acceptors (Lipinski definition) is 3. The molecule has 1 aromatic carbocycles. The van der Waals surface area contributed by atoms with Gasteiger partial charge in [0.05, 0.1) is 13.2 Å². The summed E-state index contributed by atoms with van der Waals surface area (Å²) in [7, 11) is 0. The molecule has 0 aliphatic carbocycles. The largest absolute Gasteiger partial charge is 0.378 e. The van der Waals surface area contributed by atoms with Gasteiger partial charge in [-0.15, -0.1) is 0 Å². The number of hydrogen-bond donors (Lipinski definition) is 1. The quantitative estimate of drug-likeness (QED) is 0.932. The van der Waals surface area contributed by atoms with Crippen LogP contribution < -0.4 is 5.73 Å². The number of nitrogens with two attached hydrogens (primary N) is 1. The highest BCUT2D eigenvalue weighted by molar-refractivity contribution is 9.10. The molecule has 1 fully saturated rings. The van der Waals surface area contributed by atoms with E-state index in [1.54, 1.807) is 0 Å². The Labute approximate surface area is 117 Å². The highest BCUT2D eigenvalue weighted by Gasteiger charge is 2.36. The fourth-order valence-corrected chi connectivity index (χ4v) is 3.16. The second-order valence-corrected chi connectivity index (χ2v) is 6.19. The first-order chi connectivity index (χ1) is 8.56. The molecule has 2 rings (SSSR count). The topological polar surface area (TPSA) is 38.5 Å². The molecule has 1 unspecified atom stereocenters. The van der Waals surface area contributed by atoms with Gasteiger partial charge in [-0.2, -0.15) is 0 Å². The molecule has 100 valence electrons. The second kappa shape index (κ2) is 5.70. The molecule has 0 aromatic heterocycles. The Morgan fingerprint density at radius 3 is 2.78 bits per heavy atom. The van der Waals surface area contributed by atoms with Gasteiger partial charge < -0.3 is 10.5 Å². The first-order valence-corrected chi connectivity index (χ1v) is 7.14. The third kappa shape index (κ3) is 2.77. The molecule has 0 saturated carbocycles. The maximum atomic E-state index is 6.02. The van der Waals surface area contributed by atoms with Gasteiger partial charge in [-0.3, -0.25) is 4.90 Å². The maximum Gasteiger partial charge on any atom is 0.0645 e. The molecule has 0 radical (unpaired) electrons. The number of ether oxygens (including phenoxy) is 1. The van der Waals surface area contributed by atoms with Crippen LogP contribution in [-0.2, 0) is 4.74 Å². The molecular formula is C14H21BrN2O. The zero-order chi connectivity index (χ0) is 13.2. The van der Waals surface area contributed by atoms with Gasteiger partial charge in [-0.05, 0) is 25.5 Å². The lowest BCUT2D eigenvalue weighted by Gasteiger charge is -2.46. The minimum atomic E-state index is 0.0254. The van der Waals surface area contributed by atoms with Crippen LogP contribution in [-0.4, -0.2) is 36.7 Å². The van der Waals surface area contributed by atoms with Crippen molar-refractivity contribution in [1.29, 1.82) is 0 Å². The molecule has 1 atom stereocenters. The Bertz CT molecular complexity index is 409. The Hall–Kier alpha value is -0.420. The number of nitrogens with zero attached hydrogens (tertiary/aromatic N) is 1. The van der Waals surface area contributed by atoms with Crippen LogP contribution in [0.4, 0.5) is 0 Å². The van der Waals surface area contributed by atoms with E-state index in [0.717, 1.165) is 24.2 Å². The zero-order valence-electron chi connectivity index (χ0n) is 11.0. The molecular weight excluding hydrogens is 292 g/mol. The molecule has 3 nitrogen and oxygen atoms in total. The predicted molar refractivity (Wildman–Crippen MR) is 77.5 cm³/mol. The van der Waals surface area contributed by atoms with E-state index >= 15 is 0 Å². The first kappa shape index (κ1) is 14.0. The van der Waals surface area contributed by atoms with Gasteiger partial charge >= 0.3 is 0 Å². The second-order valence-electron chi connectivity index (χ2n) is 5.33. The van der Waals surface area contributed by atoms with E-state index < -0.39 is 0 Å². The molecule has 2 N–H and O–H groups in total. The summed E-state index contributed by atoms with van der Waals surface area (Å²) in [5.74, 6) is 0. The summed E-state index contributed by atoms with van der Waals surface area (Å²) in [6.07, 6.45) is 0. The smallest absolute Gasteiger partial charge is 0.0645 e. The van der Waals surface area contributed by atoms with Crippen LogP contribution in [0.5, 0.6) is 0 Å². The Morgan fingerprint density at radius 2 is 2.17 bits per heavy atom. The van der Waals surface area contributed by atoms with Gasteiger partial charge in [0.1, 0.15) is 0 Å². The minimum Gasteiger partial charge on any atom is -0.378 e. The summed E-state index contributed by atoms with van der Waals surface area (Å²) in [5.41, 5.74) is 7.31. The SMILES string of the molecule is CC1(C)COCCN1C(CN)c1ccccc1Br. The van der Waals surface area contributed by atoms with Crippen molar-refractivity contribution in [3.8, 4) is 0 Å². The summed E-state index contributed by atoms with van der Waals surface area (Å²) in [6, 6.07) is 8.56. The number of halogens is 1. The van der Waals surface area contributed by atoms with Gasteiger partial charge in [0.15, 0.2) is 0 Å². The molecule has 1 aromatic rings. The Kier molecular flexibility index (Phi) is 4.43. The lowest BCUT2D eigenvalue weighted by atomic mass is 9.96. The normalized spacial score (nSPS) is 21.8. The summed E-state index contributed by atoms with van der Waals surface area (Å²) in [4.78, 5) is 2.45. The van der Waals surface area contributed by atoms with Crippen molar-refractivity contribution in [2.24, 2.45) is 5.73 Å². The zero-order valence-corrected chi connectivity index (χ0v) is 12.6. The van der Waals surface area contributed by atoms with Crippen LogP contribution in [0.25, 0.3) is 0 Å². The maximum absolute atomic E-state index is 6.02. The third-order valence-corrected chi connectivity index (χ3v) is 4.30. The van der Waals surface area contributed by atoms with Gasteiger partial charge in [-0.25, -0.2) is 0 Å². The third-order valence-electron chi connectivity index (χ3n) is 3.57. The Balaban J connectivity index is 2.31. The number of rotatable bonds is 3. The van der Waals surface area contributed by atoms with E-state index in [4.69, 9.17) is 10.5 Å². The van der Waals surface area contributed by atoms with E-state index in [1.807, 2.05) is 6.07 Å². The summed E-state index contributed by atoms with van der Waals surface area (Å²) >= 11 is 3.63. The van der Waals surface area contributed by atoms with Crippen LogP contribution in [0.1, 0.15) is 25.5 Å². The molecule has 1 heterocycles. The molecule has 0 bridgehead atoms. The minimum absolute atomic E-state index is 0.0254. The van der Waals surface area contributed by atoms with Gasteiger partial charge in [-0.1, -0.05) is 34.1 Å². The van der Waals surface area contributed by atoms with Gasteiger partial charge in [0.25, 0.3) is 0 Å². The van der Waals surface area contributed by atoms with Gasteiger partial charge in [0.2, 0.25) is 0 Å². The standard InChI is InChI=1S/C14H21BrN2O/c1-14(2)10-18-8-7-17(14)13(9-16)11-5-3-4-6-12(11)15/h3-6,13H,7-10,16H2,1-2H3. The molecule has 1 aliphatic heterocycles. The fourth-order valence-electron chi connectivity index (χ4n) is 2.62. The van der Waals surface area contributed by atoms with Crippen LogP contribution >= 0.6 is 15.9 Å². The lowest BCUT2D eigenvalue weighted by molar-refractivity contribution is -0.0713. The summed E-state index contributed by atoms with van der Waals surface area (Å²) < 4.78 is 6.71. The van der Waals surface area contributed by atoms with Crippen LogP contribution in [0, 0.1) is 0 Å². The van der Waals surface area contributed by atoms with Gasteiger partial charge in [0, 0.05) is 29.1 Å². The van der Waals surface area contributed by atoms with E-state index in [-0.39, 0.29) is 11.6 Å². The molecule has 1 aliphatic rings. The highest BCUT2D eigenvalue weighted by Crippen LogP contribution is 2.33. The molecule has 18 heavy (non-hydrogen) atoms.